The third-order valence-electron chi connectivity index (χ3n) is 3.75. The van der Waals surface area contributed by atoms with Crippen LogP contribution in [-0.2, 0) is 4.79 Å². The number of carbonyl (C=O) groups is 1. The summed E-state index contributed by atoms with van der Waals surface area (Å²) in [5.74, 6) is 0.693. The maximum Gasteiger partial charge on any atom is 0.222 e. The van der Waals surface area contributed by atoms with Crippen LogP contribution in [-0.4, -0.2) is 23.9 Å². The van der Waals surface area contributed by atoms with Gasteiger partial charge in [0.05, 0.1) is 11.5 Å². The van der Waals surface area contributed by atoms with Crippen molar-refractivity contribution in [1.29, 1.82) is 5.26 Å². The molecule has 0 aliphatic carbocycles. The molecule has 1 rings (SSSR count). The summed E-state index contributed by atoms with van der Waals surface area (Å²) in [7, 11) is 0. The van der Waals surface area contributed by atoms with Crippen molar-refractivity contribution in [3.63, 3.8) is 0 Å². The molecule has 1 atom stereocenters. The largest absolute Gasteiger partial charge is 0.342 e. The Labute approximate surface area is 105 Å². The topological polar surface area (TPSA) is 44.1 Å². The summed E-state index contributed by atoms with van der Waals surface area (Å²) >= 11 is 0. The van der Waals surface area contributed by atoms with Crippen molar-refractivity contribution in [2.75, 3.05) is 13.1 Å². The lowest BCUT2D eigenvalue weighted by molar-refractivity contribution is -0.128. The average Bonchev–Trinajstić information content (AvgIpc) is 2.57. The molecular weight excluding hydrogens is 212 g/mol. The van der Waals surface area contributed by atoms with Crippen LogP contribution in [0, 0.1) is 28.1 Å². The van der Waals surface area contributed by atoms with Crippen molar-refractivity contribution < 1.29 is 4.79 Å². The fourth-order valence-corrected chi connectivity index (χ4v) is 2.04. The van der Waals surface area contributed by atoms with E-state index in [9.17, 15) is 4.79 Å². The second-order valence-electron chi connectivity index (χ2n) is 6.85. The van der Waals surface area contributed by atoms with Crippen LogP contribution in [0.1, 0.15) is 47.5 Å². The summed E-state index contributed by atoms with van der Waals surface area (Å²) in [5.41, 5.74) is -0.144. The molecule has 0 aromatic rings. The first kappa shape index (κ1) is 14.0. The van der Waals surface area contributed by atoms with Gasteiger partial charge in [-0.05, 0) is 31.6 Å². The zero-order valence-corrected chi connectivity index (χ0v) is 11.7. The minimum absolute atomic E-state index is 0.190. The number of nitrogens with zero attached hydrogens (tertiary/aromatic N) is 2. The second kappa shape index (κ2) is 4.68. The zero-order valence-electron chi connectivity index (χ0n) is 11.7. The Kier molecular flexibility index (Phi) is 3.86. The number of hydrogen-bond acceptors (Lipinski definition) is 2. The first-order valence-electron chi connectivity index (χ1n) is 6.35. The van der Waals surface area contributed by atoms with E-state index in [2.05, 4.69) is 26.8 Å². The number of amides is 1. The van der Waals surface area contributed by atoms with Gasteiger partial charge < -0.3 is 4.90 Å². The summed E-state index contributed by atoms with van der Waals surface area (Å²) in [6.45, 7) is 12.0. The maximum atomic E-state index is 11.9. The third-order valence-corrected chi connectivity index (χ3v) is 3.75. The Morgan fingerprint density at radius 2 is 1.94 bits per heavy atom. The first-order valence-corrected chi connectivity index (χ1v) is 6.35. The van der Waals surface area contributed by atoms with E-state index in [0.29, 0.717) is 18.9 Å². The Bertz CT molecular complexity index is 333. The van der Waals surface area contributed by atoms with Crippen molar-refractivity contribution in [2.45, 2.75) is 47.5 Å². The average molecular weight is 236 g/mol. The monoisotopic (exact) mass is 236 g/mol. The van der Waals surface area contributed by atoms with E-state index in [4.69, 9.17) is 5.26 Å². The predicted molar refractivity (Wildman–Crippen MR) is 68.2 cm³/mol. The van der Waals surface area contributed by atoms with Gasteiger partial charge in [0.1, 0.15) is 0 Å². The van der Waals surface area contributed by atoms with Crippen molar-refractivity contribution in [1.82, 2.24) is 4.90 Å². The Morgan fingerprint density at radius 1 is 1.35 bits per heavy atom. The molecule has 0 spiro atoms. The van der Waals surface area contributed by atoms with Crippen LogP contribution in [0.25, 0.3) is 0 Å². The second-order valence-corrected chi connectivity index (χ2v) is 6.85. The van der Waals surface area contributed by atoms with E-state index >= 15 is 0 Å². The van der Waals surface area contributed by atoms with Crippen LogP contribution >= 0.6 is 0 Å². The zero-order chi connectivity index (χ0) is 13.3. The lowest BCUT2D eigenvalue weighted by Crippen LogP contribution is -2.30. The van der Waals surface area contributed by atoms with Gasteiger partial charge in [0.25, 0.3) is 0 Å². The fourth-order valence-electron chi connectivity index (χ4n) is 2.04. The highest BCUT2D eigenvalue weighted by Crippen LogP contribution is 2.34. The van der Waals surface area contributed by atoms with Crippen molar-refractivity contribution in [2.24, 2.45) is 16.7 Å². The van der Waals surface area contributed by atoms with Crippen LogP contribution in [0.5, 0.6) is 0 Å². The number of nitriles is 1. The molecule has 0 aromatic carbocycles. The normalized spacial score (nSPS) is 21.8. The van der Waals surface area contributed by atoms with Crippen LogP contribution in [0.2, 0.25) is 0 Å². The van der Waals surface area contributed by atoms with Gasteiger partial charge in [0, 0.05) is 19.5 Å². The Hall–Kier alpha value is -1.04. The highest BCUT2D eigenvalue weighted by molar-refractivity contribution is 5.78. The highest BCUT2D eigenvalue weighted by atomic mass is 16.2. The molecule has 1 heterocycles. The molecule has 1 saturated heterocycles. The van der Waals surface area contributed by atoms with Crippen LogP contribution in [0.3, 0.4) is 0 Å². The molecule has 0 saturated carbocycles. The molecule has 0 radical (unpaired) electrons. The number of carbonyl (C=O) groups excluding carboxylic acids is 1. The fraction of sp³-hybridized carbons (Fsp3) is 0.857. The lowest BCUT2D eigenvalue weighted by atomic mass is 9.80. The Morgan fingerprint density at radius 3 is 2.35 bits per heavy atom. The summed E-state index contributed by atoms with van der Waals surface area (Å²) in [6, 6.07) is 2.28. The van der Waals surface area contributed by atoms with Gasteiger partial charge in [-0.15, -0.1) is 0 Å². The quantitative estimate of drug-likeness (QED) is 0.756. The first-order chi connectivity index (χ1) is 7.65. The molecule has 0 aromatic heterocycles. The summed E-state index contributed by atoms with van der Waals surface area (Å²) in [4.78, 5) is 13.8. The van der Waals surface area contributed by atoms with Gasteiger partial charge in [-0.2, -0.15) is 5.26 Å². The smallest absolute Gasteiger partial charge is 0.222 e. The van der Waals surface area contributed by atoms with Crippen molar-refractivity contribution in [3.8, 4) is 6.07 Å². The van der Waals surface area contributed by atoms with E-state index in [0.717, 1.165) is 13.0 Å². The molecule has 0 N–H and O–H groups in total. The van der Waals surface area contributed by atoms with E-state index in [1.165, 1.54) is 0 Å². The summed E-state index contributed by atoms with van der Waals surface area (Å²) in [6.07, 6.45) is 1.42. The molecule has 96 valence electrons. The van der Waals surface area contributed by atoms with Gasteiger partial charge in [-0.3, -0.25) is 4.79 Å². The molecule has 1 aliphatic rings. The molecule has 3 nitrogen and oxygen atoms in total. The summed E-state index contributed by atoms with van der Waals surface area (Å²) < 4.78 is 0. The van der Waals surface area contributed by atoms with Crippen molar-refractivity contribution >= 4 is 5.91 Å². The predicted octanol–water partition coefficient (Wildman–Crippen LogP) is 2.82. The molecule has 1 unspecified atom stereocenters. The lowest BCUT2D eigenvalue weighted by Gasteiger charge is -2.27. The molecular formula is C14H24N2O. The van der Waals surface area contributed by atoms with Gasteiger partial charge in [0.2, 0.25) is 5.91 Å². The van der Waals surface area contributed by atoms with Crippen LogP contribution in [0.15, 0.2) is 0 Å². The van der Waals surface area contributed by atoms with Gasteiger partial charge >= 0.3 is 0 Å². The third kappa shape index (κ3) is 3.73. The highest BCUT2D eigenvalue weighted by Gasteiger charge is 2.37. The minimum atomic E-state index is -0.333. The van der Waals surface area contributed by atoms with Crippen molar-refractivity contribution in [3.05, 3.63) is 0 Å². The van der Waals surface area contributed by atoms with Gasteiger partial charge in [0.15, 0.2) is 0 Å². The van der Waals surface area contributed by atoms with Crippen LogP contribution < -0.4 is 0 Å². The van der Waals surface area contributed by atoms with E-state index in [-0.39, 0.29) is 16.7 Å². The van der Waals surface area contributed by atoms with Gasteiger partial charge in [-0.25, -0.2) is 0 Å². The van der Waals surface area contributed by atoms with Crippen LogP contribution in [0.4, 0.5) is 0 Å². The molecule has 3 heteroatoms. The standard InChI is InChI=1S/C14H24N2O/c1-13(2,3)11-8-12(17)16(9-11)7-6-14(4,5)10-15/h11H,6-9H2,1-5H3. The number of likely N-dealkylation sites (tertiary alicyclic amines) is 1. The molecule has 17 heavy (non-hydrogen) atoms. The van der Waals surface area contributed by atoms with E-state index in [1.807, 2.05) is 18.7 Å². The molecule has 0 bridgehead atoms. The number of hydrogen-bond donors (Lipinski definition) is 0. The molecule has 1 aliphatic heterocycles. The minimum Gasteiger partial charge on any atom is -0.342 e. The van der Waals surface area contributed by atoms with E-state index < -0.39 is 0 Å². The maximum absolute atomic E-state index is 11.9. The molecule has 1 amide bonds. The number of rotatable bonds is 3. The van der Waals surface area contributed by atoms with Gasteiger partial charge in [-0.1, -0.05) is 20.8 Å². The van der Waals surface area contributed by atoms with E-state index in [1.54, 1.807) is 0 Å². The SMILES string of the molecule is CC(C)(C#N)CCN1CC(C(C)(C)C)CC1=O. The Balaban J connectivity index is 2.53. The molecule has 1 fully saturated rings. The summed E-state index contributed by atoms with van der Waals surface area (Å²) in [5, 5.41) is 8.96.